The molecule has 0 spiro atoms. The second kappa shape index (κ2) is 9.17. The Hall–Kier alpha value is -2.87. The topological polar surface area (TPSA) is 81.6 Å². The molecule has 2 N–H and O–H groups in total. The van der Waals surface area contributed by atoms with Crippen molar-refractivity contribution in [2.24, 2.45) is 0 Å². The van der Waals surface area contributed by atoms with Gasteiger partial charge >= 0.3 is 6.09 Å². The highest BCUT2D eigenvalue weighted by molar-refractivity contribution is 6.32. The first-order chi connectivity index (χ1) is 15.7. The number of hydrogen-bond acceptors (Lipinski definition) is 5. The summed E-state index contributed by atoms with van der Waals surface area (Å²) in [6, 6.07) is 11.4. The number of carbonyl (C=O) groups is 2. The van der Waals surface area contributed by atoms with E-state index in [1.165, 1.54) is 4.57 Å². The van der Waals surface area contributed by atoms with Gasteiger partial charge in [0.2, 0.25) is 0 Å². The SMILES string of the molecule is COCCNCc1ccc2c(c1)cc(-c1ccc(Cl)c3c1C(=O)NC3)n2C(=O)OC(C)(C)C. The molecule has 1 amide bonds. The van der Waals surface area contributed by atoms with E-state index in [-0.39, 0.29) is 5.91 Å². The quantitative estimate of drug-likeness (QED) is 0.510. The molecule has 2 aromatic carbocycles. The lowest BCUT2D eigenvalue weighted by Crippen LogP contribution is -2.27. The van der Waals surface area contributed by atoms with Crippen molar-refractivity contribution >= 4 is 34.5 Å². The van der Waals surface area contributed by atoms with Crippen LogP contribution >= 0.6 is 11.6 Å². The first-order valence-electron chi connectivity index (χ1n) is 10.9. The van der Waals surface area contributed by atoms with Crippen molar-refractivity contribution < 1.29 is 19.1 Å². The van der Waals surface area contributed by atoms with Gasteiger partial charge in [0.1, 0.15) is 5.60 Å². The summed E-state index contributed by atoms with van der Waals surface area (Å²) < 4.78 is 12.3. The minimum Gasteiger partial charge on any atom is -0.443 e. The number of methoxy groups -OCH3 is 1. The highest BCUT2D eigenvalue weighted by Gasteiger charge is 2.29. The van der Waals surface area contributed by atoms with Crippen LogP contribution in [0.1, 0.15) is 42.3 Å². The molecule has 4 rings (SSSR count). The van der Waals surface area contributed by atoms with Crippen molar-refractivity contribution in [3.8, 4) is 11.3 Å². The van der Waals surface area contributed by atoms with Crippen LogP contribution in [0.25, 0.3) is 22.2 Å². The Balaban J connectivity index is 1.85. The molecule has 0 saturated heterocycles. The smallest absolute Gasteiger partial charge is 0.419 e. The minimum atomic E-state index is -0.671. The van der Waals surface area contributed by atoms with Gasteiger partial charge in [0, 0.05) is 48.3 Å². The molecule has 33 heavy (non-hydrogen) atoms. The van der Waals surface area contributed by atoms with E-state index in [4.69, 9.17) is 21.1 Å². The van der Waals surface area contributed by atoms with E-state index in [1.54, 1.807) is 19.2 Å². The maximum absolute atomic E-state index is 13.3. The molecule has 7 nitrogen and oxygen atoms in total. The van der Waals surface area contributed by atoms with Gasteiger partial charge in [0.25, 0.3) is 5.91 Å². The van der Waals surface area contributed by atoms with Crippen molar-refractivity contribution in [1.29, 1.82) is 0 Å². The third kappa shape index (κ3) is 4.76. The van der Waals surface area contributed by atoms with Gasteiger partial charge in [-0.25, -0.2) is 9.36 Å². The predicted molar refractivity (Wildman–Crippen MR) is 129 cm³/mol. The molecule has 0 fully saturated rings. The Bertz CT molecular complexity index is 1230. The molecule has 2 heterocycles. The van der Waals surface area contributed by atoms with Crippen LogP contribution in [0.2, 0.25) is 5.02 Å². The molecule has 0 unspecified atom stereocenters. The van der Waals surface area contributed by atoms with E-state index in [0.29, 0.717) is 47.1 Å². The van der Waals surface area contributed by atoms with Crippen LogP contribution in [0.4, 0.5) is 4.79 Å². The molecule has 174 valence electrons. The Labute approximate surface area is 198 Å². The lowest BCUT2D eigenvalue weighted by atomic mass is 10.00. The molecule has 1 aliphatic rings. The van der Waals surface area contributed by atoms with Crippen LogP contribution in [-0.2, 0) is 22.6 Å². The van der Waals surface area contributed by atoms with E-state index < -0.39 is 11.7 Å². The van der Waals surface area contributed by atoms with Crippen molar-refractivity contribution in [3.63, 3.8) is 0 Å². The summed E-state index contributed by atoms with van der Waals surface area (Å²) in [7, 11) is 1.67. The number of aromatic nitrogens is 1. The lowest BCUT2D eigenvalue weighted by Gasteiger charge is -2.21. The maximum Gasteiger partial charge on any atom is 0.419 e. The number of nitrogens with one attached hydrogen (secondary N) is 2. The summed E-state index contributed by atoms with van der Waals surface area (Å²) in [4.78, 5) is 25.9. The summed E-state index contributed by atoms with van der Waals surface area (Å²) in [6.45, 7) is 7.89. The van der Waals surface area contributed by atoms with E-state index >= 15 is 0 Å². The minimum absolute atomic E-state index is 0.202. The van der Waals surface area contributed by atoms with E-state index in [0.717, 1.165) is 23.1 Å². The van der Waals surface area contributed by atoms with Gasteiger partial charge in [-0.2, -0.15) is 0 Å². The fraction of sp³-hybridized carbons (Fsp3) is 0.360. The standard InChI is InChI=1S/C25H28ClN3O4/c1-25(2,3)33-24(31)29-20-8-5-15(13-27-9-10-32-4)11-16(20)12-21(29)17-6-7-19(26)18-14-28-23(30)22(17)18/h5-8,11-12,27H,9-10,13-14H2,1-4H3,(H,28,30). The van der Waals surface area contributed by atoms with Gasteiger partial charge in [-0.1, -0.05) is 23.7 Å². The normalized spacial score (nSPS) is 13.3. The number of fused-ring (bicyclic) bond motifs is 2. The van der Waals surface area contributed by atoms with Gasteiger partial charge < -0.3 is 20.1 Å². The zero-order valence-electron chi connectivity index (χ0n) is 19.3. The summed E-state index contributed by atoms with van der Waals surface area (Å²) in [5, 5.41) is 7.56. The monoisotopic (exact) mass is 469 g/mol. The molecule has 0 aliphatic carbocycles. The fourth-order valence-electron chi connectivity index (χ4n) is 4.01. The number of ether oxygens (including phenoxy) is 2. The molecule has 0 bridgehead atoms. The van der Waals surface area contributed by atoms with Crippen LogP contribution in [-0.4, -0.2) is 42.4 Å². The van der Waals surface area contributed by atoms with Gasteiger partial charge in [-0.3, -0.25) is 4.79 Å². The highest BCUT2D eigenvalue weighted by Crippen LogP contribution is 2.37. The van der Waals surface area contributed by atoms with Crippen LogP contribution in [0.15, 0.2) is 36.4 Å². The maximum atomic E-state index is 13.3. The van der Waals surface area contributed by atoms with Crippen molar-refractivity contribution in [2.75, 3.05) is 20.3 Å². The third-order valence-corrected chi connectivity index (χ3v) is 5.79. The lowest BCUT2D eigenvalue weighted by molar-refractivity contribution is 0.0547. The van der Waals surface area contributed by atoms with Gasteiger partial charge in [-0.05, 0) is 50.6 Å². The van der Waals surface area contributed by atoms with Crippen molar-refractivity contribution in [3.05, 3.63) is 58.1 Å². The number of carbonyl (C=O) groups excluding carboxylic acids is 2. The molecule has 0 saturated carbocycles. The second-order valence-corrected chi connectivity index (χ2v) is 9.45. The Morgan fingerprint density at radius 3 is 2.73 bits per heavy atom. The molecular weight excluding hydrogens is 442 g/mol. The average Bonchev–Trinajstić information content (AvgIpc) is 3.32. The van der Waals surface area contributed by atoms with Crippen LogP contribution in [0, 0.1) is 0 Å². The van der Waals surface area contributed by atoms with Gasteiger partial charge in [0.05, 0.1) is 23.4 Å². The van der Waals surface area contributed by atoms with Gasteiger partial charge in [0.15, 0.2) is 0 Å². The predicted octanol–water partition coefficient (Wildman–Crippen LogP) is 4.72. The highest BCUT2D eigenvalue weighted by atomic mass is 35.5. The second-order valence-electron chi connectivity index (χ2n) is 9.04. The number of rotatable bonds is 6. The van der Waals surface area contributed by atoms with Crippen molar-refractivity contribution in [1.82, 2.24) is 15.2 Å². The van der Waals surface area contributed by atoms with Crippen LogP contribution in [0.3, 0.4) is 0 Å². The number of nitrogens with zero attached hydrogens (tertiary/aromatic N) is 1. The molecule has 0 radical (unpaired) electrons. The largest absolute Gasteiger partial charge is 0.443 e. The van der Waals surface area contributed by atoms with Gasteiger partial charge in [-0.15, -0.1) is 0 Å². The Morgan fingerprint density at radius 1 is 1.21 bits per heavy atom. The third-order valence-electron chi connectivity index (χ3n) is 5.44. The first-order valence-corrected chi connectivity index (χ1v) is 11.2. The number of hydrogen-bond donors (Lipinski definition) is 2. The summed E-state index contributed by atoms with van der Waals surface area (Å²) in [6.07, 6.45) is -0.499. The summed E-state index contributed by atoms with van der Waals surface area (Å²) in [5.41, 5.74) is 3.59. The van der Waals surface area contributed by atoms with E-state index in [9.17, 15) is 9.59 Å². The Morgan fingerprint density at radius 2 is 2.00 bits per heavy atom. The summed E-state index contributed by atoms with van der Waals surface area (Å²) >= 11 is 6.35. The van der Waals surface area contributed by atoms with Crippen molar-refractivity contribution in [2.45, 2.75) is 39.5 Å². The number of amides is 1. The molecule has 0 atom stereocenters. The Kier molecular flexibility index (Phi) is 6.47. The number of benzene rings is 2. The van der Waals surface area contributed by atoms with E-state index in [2.05, 4.69) is 10.6 Å². The zero-order valence-corrected chi connectivity index (χ0v) is 20.0. The van der Waals surface area contributed by atoms with E-state index in [1.807, 2.05) is 45.0 Å². The molecule has 8 heteroatoms. The van der Waals surface area contributed by atoms with Crippen LogP contribution < -0.4 is 10.6 Å². The average molecular weight is 470 g/mol. The fourth-order valence-corrected chi connectivity index (χ4v) is 4.23. The molecular formula is C25H28ClN3O4. The molecule has 1 aliphatic heterocycles. The molecule has 3 aromatic rings. The molecule has 1 aromatic heterocycles. The number of halogens is 1. The summed E-state index contributed by atoms with van der Waals surface area (Å²) in [5.74, 6) is -0.202. The zero-order chi connectivity index (χ0) is 23.8. The first kappa shape index (κ1) is 23.3. The van der Waals surface area contributed by atoms with Crippen LogP contribution in [0.5, 0.6) is 0 Å².